The molecule has 0 aliphatic carbocycles. The number of nitrogens with zero attached hydrogens (tertiary/aromatic N) is 2. The van der Waals surface area contributed by atoms with Crippen LogP contribution in [0.3, 0.4) is 0 Å². The van der Waals surface area contributed by atoms with Crippen LogP contribution in [0.1, 0.15) is 36.1 Å². The smallest absolute Gasteiger partial charge is 0.240 e. The topological polar surface area (TPSA) is 79.4 Å². The van der Waals surface area contributed by atoms with Gasteiger partial charge in [0.15, 0.2) is 0 Å². The van der Waals surface area contributed by atoms with E-state index in [2.05, 4.69) is 9.71 Å². The predicted octanol–water partition coefficient (Wildman–Crippen LogP) is 1.96. The molecule has 2 aliphatic rings. The normalized spacial score (nSPS) is 19.2. The second-order valence-electron chi connectivity index (χ2n) is 6.48. The van der Waals surface area contributed by atoms with Crippen LogP contribution in [0.25, 0.3) is 0 Å². The number of aryl methyl sites for hydroxylation is 1. The summed E-state index contributed by atoms with van der Waals surface area (Å²) in [7, 11) is -3.67. The van der Waals surface area contributed by atoms with Crippen LogP contribution in [-0.2, 0) is 27.8 Å². The number of rotatable bonds is 4. The Hall–Kier alpha value is -2.25. The summed E-state index contributed by atoms with van der Waals surface area (Å²) >= 11 is 0. The Morgan fingerprint density at radius 3 is 2.92 bits per heavy atom. The molecule has 1 N–H and O–H groups in total. The molecule has 0 fully saturated rings. The molecule has 0 radical (unpaired) electrons. The van der Waals surface area contributed by atoms with Crippen LogP contribution < -0.4 is 9.62 Å². The number of carbonyl (C=O) groups is 1. The lowest BCUT2D eigenvalue weighted by Crippen LogP contribution is -2.32. The van der Waals surface area contributed by atoms with Crippen LogP contribution in [-0.4, -0.2) is 25.9 Å². The van der Waals surface area contributed by atoms with E-state index in [1.54, 1.807) is 35.4 Å². The van der Waals surface area contributed by atoms with Crippen molar-refractivity contribution in [1.29, 1.82) is 0 Å². The largest absolute Gasteiger partial charge is 0.311 e. The minimum atomic E-state index is -3.67. The van der Waals surface area contributed by atoms with E-state index >= 15 is 0 Å². The fourth-order valence-corrected chi connectivity index (χ4v) is 4.66. The van der Waals surface area contributed by atoms with E-state index in [9.17, 15) is 13.2 Å². The summed E-state index contributed by atoms with van der Waals surface area (Å²) in [5, 5.41) is 0. The standard InChI is InChI=1S/C18H19N3O3S/c1-12-16-10-15(9-13-5-4-8-21(17(13)16)18(12)22)25(23,24)20-11-14-6-2-3-7-19-14/h2-3,6-7,9-10,12,20H,4-5,8,11H2,1H3/t12-/m0/s1. The van der Waals surface area contributed by atoms with Gasteiger partial charge in [-0.2, -0.15) is 0 Å². The molecule has 0 bridgehead atoms. The van der Waals surface area contributed by atoms with E-state index in [1.165, 1.54) is 0 Å². The lowest BCUT2D eigenvalue weighted by molar-refractivity contribution is -0.119. The maximum absolute atomic E-state index is 12.7. The molecule has 1 amide bonds. The van der Waals surface area contributed by atoms with Gasteiger partial charge in [-0.3, -0.25) is 9.78 Å². The van der Waals surface area contributed by atoms with E-state index in [1.807, 2.05) is 13.0 Å². The Kier molecular flexibility index (Phi) is 3.85. The monoisotopic (exact) mass is 357 g/mol. The highest BCUT2D eigenvalue weighted by molar-refractivity contribution is 7.89. The molecule has 6 nitrogen and oxygen atoms in total. The summed E-state index contributed by atoms with van der Waals surface area (Å²) in [5.41, 5.74) is 3.34. The number of carbonyl (C=O) groups excluding carboxylic acids is 1. The zero-order valence-corrected chi connectivity index (χ0v) is 14.7. The maximum atomic E-state index is 12.7. The SMILES string of the molecule is C[C@@H]1C(=O)N2CCCc3cc(S(=O)(=O)NCc4ccccn4)cc1c32. The van der Waals surface area contributed by atoms with Crippen molar-refractivity contribution in [3.63, 3.8) is 0 Å². The molecule has 2 aliphatic heterocycles. The van der Waals surface area contributed by atoms with E-state index in [4.69, 9.17) is 0 Å². The second-order valence-corrected chi connectivity index (χ2v) is 8.25. The number of aromatic nitrogens is 1. The van der Waals surface area contributed by atoms with E-state index < -0.39 is 10.0 Å². The summed E-state index contributed by atoms with van der Waals surface area (Å²) < 4.78 is 28.0. The number of benzene rings is 1. The van der Waals surface area contributed by atoms with Crippen LogP contribution >= 0.6 is 0 Å². The zero-order valence-electron chi connectivity index (χ0n) is 13.9. The van der Waals surface area contributed by atoms with Gasteiger partial charge in [0, 0.05) is 12.7 Å². The van der Waals surface area contributed by atoms with E-state index in [-0.39, 0.29) is 23.3 Å². The van der Waals surface area contributed by atoms with E-state index in [0.717, 1.165) is 29.7 Å². The quantitative estimate of drug-likeness (QED) is 0.907. The lowest BCUT2D eigenvalue weighted by Gasteiger charge is -2.26. The predicted molar refractivity (Wildman–Crippen MR) is 93.8 cm³/mol. The molecule has 0 saturated heterocycles. The summed E-state index contributed by atoms with van der Waals surface area (Å²) in [6, 6.07) is 8.73. The highest BCUT2D eigenvalue weighted by atomic mass is 32.2. The fourth-order valence-electron chi connectivity index (χ4n) is 3.58. The van der Waals surface area contributed by atoms with Crippen molar-refractivity contribution in [1.82, 2.24) is 9.71 Å². The van der Waals surface area contributed by atoms with Gasteiger partial charge in [-0.05, 0) is 55.2 Å². The van der Waals surface area contributed by atoms with Crippen molar-refractivity contribution in [2.75, 3.05) is 11.4 Å². The molecule has 0 spiro atoms. The number of anilines is 1. The molecule has 1 aromatic carbocycles. The number of pyridine rings is 1. The van der Waals surface area contributed by atoms with Crippen LogP contribution in [0.5, 0.6) is 0 Å². The van der Waals surface area contributed by atoms with Crippen molar-refractivity contribution in [3.05, 3.63) is 53.3 Å². The average Bonchev–Trinajstić information content (AvgIpc) is 2.88. The number of amides is 1. The van der Waals surface area contributed by atoms with Crippen molar-refractivity contribution >= 4 is 21.6 Å². The van der Waals surface area contributed by atoms with Gasteiger partial charge in [0.2, 0.25) is 15.9 Å². The second kappa shape index (κ2) is 5.93. The van der Waals surface area contributed by atoms with Crippen molar-refractivity contribution in [2.45, 2.75) is 37.1 Å². The Morgan fingerprint density at radius 2 is 2.16 bits per heavy atom. The van der Waals surface area contributed by atoms with Crippen molar-refractivity contribution < 1.29 is 13.2 Å². The number of hydrogen-bond donors (Lipinski definition) is 1. The minimum absolute atomic E-state index is 0.0620. The molecule has 3 heterocycles. The fraction of sp³-hybridized carbons (Fsp3) is 0.333. The molecule has 1 atom stereocenters. The molecular formula is C18H19N3O3S. The Bertz CT molecular complexity index is 942. The molecule has 1 aromatic heterocycles. The highest BCUT2D eigenvalue weighted by Crippen LogP contribution is 2.43. The first-order valence-corrected chi connectivity index (χ1v) is 9.83. The van der Waals surface area contributed by atoms with Gasteiger partial charge in [-0.1, -0.05) is 6.07 Å². The third kappa shape index (κ3) is 2.73. The van der Waals surface area contributed by atoms with Crippen LogP contribution in [0, 0.1) is 0 Å². The maximum Gasteiger partial charge on any atom is 0.240 e. The van der Waals surface area contributed by atoms with Gasteiger partial charge in [0.05, 0.1) is 28.7 Å². The first kappa shape index (κ1) is 16.2. The lowest BCUT2D eigenvalue weighted by atomic mass is 9.97. The van der Waals surface area contributed by atoms with Gasteiger partial charge >= 0.3 is 0 Å². The molecule has 0 unspecified atom stereocenters. The molecule has 25 heavy (non-hydrogen) atoms. The molecule has 7 heteroatoms. The number of hydrogen-bond acceptors (Lipinski definition) is 4. The first-order chi connectivity index (χ1) is 12.0. The van der Waals surface area contributed by atoms with Gasteiger partial charge in [0.1, 0.15) is 0 Å². The third-order valence-corrected chi connectivity index (χ3v) is 6.25. The van der Waals surface area contributed by atoms with Gasteiger partial charge in [-0.15, -0.1) is 0 Å². The van der Waals surface area contributed by atoms with Crippen LogP contribution in [0.4, 0.5) is 5.69 Å². The molecule has 2 aromatic rings. The minimum Gasteiger partial charge on any atom is -0.311 e. The molecule has 130 valence electrons. The number of nitrogens with one attached hydrogen (secondary N) is 1. The first-order valence-electron chi connectivity index (χ1n) is 8.35. The van der Waals surface area contributed by atoms with Gasteiger partial charge in [-0.25, -0.2) is 13.1 Å². The highest BCUT2D eigenvalue weighted by Gasteiger charge is 2.38. The molecule has 4 rings (SSSR count). The summed E-state index contributed by atoms with van der Waals surface area (Å²) in [6.07, 6.45) is 3.28. The average molecular weight is 357 g/mol. The van der Waals surface area contributed by atoms with Crippen molar-refractivity contribution in [2.24, 2.45) is 0 Å². The zero-order chi connectivity index (χ0) is 17.6. The van der Waals surface area contributed by atoms with Crippen LogP contribution in [0.15, 0.2) is 41.4 Å². The van der Waals surface area contributed by atoms with Gasteiger partial charge in [0.25, 0.3) is 0 Å². The van der Waals surface area contributed by atoms with Crippen molar-refractivity contribution in [3.8, 4) is 0 Å². The third-order valence-electron chi connectivity index (χ3n) is 4.87. The summed E-state index contributed by atoms with van der Waals surface area (Å²) in [4.78, 5) is 18.6. The van der Waals surface area contributed by atoms with Crippen LogP contribution in [0.2, 0.25) is 0 Å². The molecule has 0 saturated carbocycles. The Morgan fingerprint density at radius 1 is 1.32 bits per heavy atom. The number of sulfonamides is 1. The summed E-state index contributed by atoms with van der Waals surface area (Å²) in [6.45, 7) is 2.69. The Labute approximate surface area is 146 Å². The Balaban J connectivity index is 1.68. The molecular weight excluding hydrogens is 338 g/mol. The van der Waals surface area contributed by atoms with E-state index in [0.29, 0.717) is 12.2 Å². The van der Waals surface area contributed by atoms with Gasteiger partial charge < -0.3 is 4.90 Å². The summed E-state index contributed by atoms with van der Waals surface area (Å²) in [5.74, 6) is -0.232.